The van der Waals surface area contributed by atoms with E-state index in [0.717, 1.165) is 11.8 Å². The van der Waals surface area contributed by atoms with Crippen molar-refractivity contribution in [3.8, 4) is 0 Å². The van der Waals surface area contributed by atoms with Crippen molar-refractivity contribution in [2.24, 2.45) is 22.6 Å². The molecule has 2 unspecified atom stereocenters. The molecule has 0 saturated heterocycles. The predicted molar refractivity (Wildman–Crippen MR) is 57.9 cm³/mol. The van der Waals surface area contributed by atoms with Gasteiger partial charge in [-0.05, 0) is 32.1 Å². The van der Waals surface area contributed by atoms with Crippen molar-refractivity contribution in [1.29, 1.82) is 0 Å². The number of aliphatic imine (C=N–C) groups is 1. The molecule has 0 aromatic carbocycles. The quantitative estimate of drug-likeness (QED) is 0.515. The summed E-state index contributed by atoms with van der Waals surface area (Å²) in [5, 5.41) is 0. The zero-order valence-corrected chi connectivity index (χ0v) is 9.09. The van der Waals surface area contributed by atoms with Gasteiger partial charge >= 0.3 is 0 Å². The Morgan fingerprint density at radius 3 is 2.54 bits per heavy atom. The fourth-order valence-corrected chi connectivity index (χ4v) is 1.54. The molecule has 2 heteroatoms. The van der Waals surface area contributed by atoms with Crippen LogP contribution in [0.2, 0.25) is 0 Å². The van der Waals surface area contributed by atoms with Crippen molar-refractivity contribution in [3.63, 3.8) is 0 Å². The molecule has 1 rings (SSSR count). The Hall–Kier alpha value is -0.530. The van der Waals surface area contributed by atoms with E-state index in [1.807, 2.05) is 0 Å². The van der Waals surface area contributed by atoms with Gasteiger partial charge in [-0.15, -0.1) is 0 Å². The highest BCUT2D eigenvalue weighted by Gasteiger charge is 2.25. The lowest BCUT2D eigenvalue weighted by Crippen LogP contribution is -2.18. The van der Waals surface area contributed by atoms with Crippen LogP contribution in [-0.2, 0) is 0 Å². The molecule has 13 heavy (non-hydrogen) atoms. The van der Waals surface area contributed by atoms with E-state index < -0.39 is 0 Å². The van der Waals surface area contributed by atoms with Crippen LogP contribution in [-0.4, -0.2) is 11.9 Å². The molecule has 76 valence electrons. The summed E-state index contributed by atoms with van der Waals surface area (Å²) in [7, 11) is 0. The van der Waals surface area contributed by atoms with E-state index in [2.05, 4.69) is 25.8 Å². The zero-order valence-electron chi connectivity index (χ0n) is 9.09. The first-order chi connectivity index (χ1) is 6.13. The van der Waals surface area contributed by atoms with Crippen LogP contribution in [0.25, 0.3) is 0 Å². The van der Waals surface area contributed by atoms with Crippen molar-refractivity contribution in [1.82, 2.24) is 0 Å². The van der Waals surface area contributed by atoms with Gasteiger partial charge in [0.05, 0.1) is 5.84 Å². The van der Waals surface area contributed by atoms with Crippen molar-refractivity contribution in [2.45, 2.75) is 52.5 Å². The average molecular weight is 182 g/mol. The van der Waals surface area contributed by atoms with Crippen molar-refractivity contribution in [2.75, 3.05) is 0 Å². The summed E-state index contributed by atoms with van der Waals surface area (Å²) < 4.78 is 0. The third-order valence-corrected chi connectivity index (χ3v) is 2.81. The molecule has 0 aliphatic heterocycles. The van der Waals surface area contributed by atoms with Crippen molar-refractivity contribution in [3.05, 3.63) is 0 Å². The Kier molecular flexibility index (Phi) is 3.76. The Morgan fingerprint density at radius 2 is 2.08 bits per heavy atom. The van der Waals surface area contributed by atoms with Gasteiger partial charge in [0, 0.05) is 12.0 Å². The minimum atomic E-state index is 0.413. The molecule has 1 aliphatic carbocycles. The van der Waals surface area contributed by atoms with Gasteiger partial charge in [-0.1, -0.05) is 20.3 Å². The number of nitrogens with two attached hydrogens (primary N) is 1. The molecular formula is C11H22N2. The topological polar surface area (TPSA) is 38.4 Å². The first-order valence-electron chi connectivity index (χ1n) is 5.46. The fraction of sp³-hybridized carbons (Fsp3) is 0.909. The largest absolute Gasteiger partial charge is 0.387 e. The van der Waals surface area contributed by atoms with Gasteiger partial charge in [0.1, 0.15) is 0 Å². The second kappa shape index (κ2) is 4.64. The Morgan fingerprint density at radius 1 is 1.46 bits per heavy atom. The first kappa shape index (κ1) is 10.6. The molecule has 0 heterocycles. The number of hydrogen-bond donors (Lipinski definition) is 1. The summed E-state index contributed by atoms with van der Waals surface area (Å²) in [5.74, 6) is 2.29. The highest BCUT2D eigenvalue weighted by molar-refractivity contribution is 5.85. The molecule has 0 spiro atoms. The summed E-state index contributed by atoms with van der Waals surface area (Å²) in [6.45, 7) is 6.67. The van der Waals surface area contributed by atoms with Crippen LogP contribution in [0.1, 0.15) is 46.5 Å². The lowest BCUT2D eigenvalue weighted by atomic mass is 10.0. The van der Waals surface area contributed by atoms with Gasteiger partial charge in [-0.25, -0.2) is 0 Å². The summed E-state index contributed by atoms with van der Waals surface area (Å²) in [4.78, 5) is 4.52. The van der Waals surface area contributed by atoms with E-state index in [0.29, 0.717) is 12.0 Å². The molecule has 0 aromatic heterocycles. The average Bonchev–Trinajstić information content (AvgIpc) is 2.85. The summed E-state index contributed by atoms with van der Waals surface area (Å²) in [6.07, 6.45) is 4.92. The van der Waals surface area contributed by atoms with Crippen LogP contribution in [0.3, 0.4) is 0 Å². The Labute approximate surface area is 81.6 Å². The summed E-state index contributed by atoms with van der Waals surface area (Å²) >= 11 is 0. The van der Waals surface area contributed by atoms with Gasteiger partial charge in [0.15, 0.2) is 0 Å². The second-order valence-corrected chi connectivity index (χ2v) is 4.43. The second-order valence-electron chi connectivity index (χ2n) is 4.43. The SMILES string of the molecule is CCC(C)CC(C)N=C(N)C1CC1. The van der Waals surface area contributed by atoms with Crippen molar-refractivity contribution < 1.29 is 0 Å². The molecule has 1 fully saturated rings. The third-order valence-electron chi connectivity index (χ3n) is 2.81. The van der Waals surface area contributed by atoms with E-state index in [1.54, 1.807) is 0 Å². The van der Waals surface area contributed by atoms with E-state index in [4.69, 9.17) is 5.73 Å². The van der Waals surface area contributed by atoms with Crippen LogP contribution in [0.4, 0.5) is 0 Å². The van der Waals surface area contributed by atoms with Crippen LogP contribution in [0, 0.1) is 11.8 Å². The molecule has 0 radical (unpaired) electrons. The van der Waals surface area contributed by atoms with Gasteiger partial charge in [0.2, 0.25) is 0 Å². The molecular weight excluding hydrogens is 160 g/mol. The fourth-order valence-electron chi connectivity index (χ4n) is 1.54. The molecule has 2 nitrogen and oxygen atoms in total. The van der Waals surface area contributed by atoms with E-state index in [9.17, 15) is 0 Å². The smallest absolute Gasteiger partial charge is 0.0971 e. The standard InChI is InChI=1S/C11H22N2/c1-4-8(2)7-9(3)13-11(12)10-5-6-10/h8-10H,4-7H2,1-3H3,(H2,12,13). The van der Waals surface area contributed by atoms with Crippen LogP contribution in [0.5, 0.6) is 0 Å². The minimum Gasteiger partial charge on any atom is -0.387 e. The molecule has 2 N–H and O–H groups in total. The summed E-state index contributed by atoms with van der Waals surface area (Å²) in [5.41, 5.74) is 5.85. The van der Waals surface area contributed by atoms with Gasteiger partial charge < -0.3 is 5.73 Å². The molecule has 0 bridgehead atoms. The maximum absolute atomic E-state index is 5.85. The van der Waals surface area contributed by atoms with E-state index in [-0.39, 0.29) is 0 Å². The lowest BCUT2D eigenvalue weighted by molar-refractivity contribution is 0.470. The highest BCUT2D eigenvalue weighted by Crippen LogP contribution is 2.29. The maximum atomic E-state index is 5.85. The van der Waals surface area contributed by atoms with Gasteiger partial charge in [0.25, 0.3) is 0 Å². The highest BCUT2D eigenvalue weighted by atomic mass is 14.9. The van der Waals surface area contributed by atoms with Gasteiger partial charge in [-0.3, -0.25) is 4.99 Å². The monoisotopic (exact) mass is 182 g/mol. The number of hydrogen-bond acceptors (Lipinski definition) is 1. The van der Waals surface area contributed by atoms with Crippen LogP contribution < -0.4 is 5.73 Å². The van der Waals surface area contributed by atoms with Crippen molar-refractivity contribution >= 4 is 5.84 Å². The maximum Gasteiger partial charge on any atom is 0.0971 e. The number of rotatable bonds is 5. The summed E-state index contributed by atoms with van der Waals surface area (Å²) in [6, 6.07) is 0.413. The molecule has 1 saturated carbocycles. The molecule has 0 amide bonds. The van der Waals surface area contributed by atoms with E-state index in [1.165, 1.54) is 25.7 Å². The molecule has 1 aliphatic rings. The normalized spacial score (nSPS) is 22.8. The predicted octanol–water partition coefficient (Wildman–Crippen LogP) is 2.58. The lowest BCUT2D eigenvalue weighted by Gasteiger charge is -2.12. The van der Waals surface area contributed by atoms with Crippen LogP contribution in [0.15, 0.2) is 4.99 Å². The number of amidine groups is 1. The Balaban J connectivity index is 2.29. The van der Waals surface area contributed by atoms with Crippen LogP contribution >= 0.6 is 0 Å². The zero-order chi connectivity index (χ0) is 9.84. The van der Waals surface area contributed by atoms with Gasteiger partial charge in [-0.2, -0.15) is 0 Å². The first-order valence-corrected chi connectivity index (χ1v) is 5.46. The number of nitrogens with zero attached hydrogens (tertiary/aromatic N) is 1. The minimum absolute atomic E-state index is 0.413. The molecule has 2 atom stereocenters. The third kappa shape index (κ3) is 3.79. The molecule has 0 aromatic rings. The van der Waals surface area contributed by atoms with E-state index >= 15 is 0 Å². The Bertz CT molecular complexity index is 183.